The molecule has 1 aliphatic rings. The van der Waals surface area contributed by atoms with E-state index in [2.05, 4.69) is 36.9 Å². The molecular weight excluding hydrogens is 392 g/mol. The standard InChI is InChI=1S/C24H28N4O3/c1-4-31-24(30)27-13-11-26(12-14-27)16-28-23(29)20-8-6-5-7-19(20)22(25-28)21-15-17(2)9-10-18(21)3/h5-10,15H,4,11-14,16H2,1-3H3. The van der Waals surface area contributed by atoms with Crippen molar-refractivity contribution in [3.05, 3.63) is 63.9 Å². The number of rotatable bonds is 4. The summed E-state index contributed by atoms with van der Waals surface area (Å²) in [6, 6.07) is 13.9. The van der Waals surface area contributed by atoms with Crippen LogP contribution in [0.25, 0.3) is 22.0 Å². The van der Waals surface area contributed by atoms with Gasteiger partial charge in [-0.2, -0.15) is 5.10 Å². The van der Waals surface area contributed by atoms with Gasteiger partial charge in [0.25, 0.3) is 5.56 Å². The van der Waals surface area contributed by atoms with Crippen molar-refractivity contribution in [2.75, 3.05) is 32.8 Å². The van der Waals surface area contributed by atoms with Gasteiger partial charge >= 0.3 is 6.09 Å². The number of piperazine rings is 1. The van der Waals surface area contributed by atoms with Gasteiger partial charge in [0.1, 0.15) is 0 Å². The van der Waals surface area contributed by atoms with E-state index in [9.17, 15) is 9.59 Å². The van der Waals surface area contributed by atoms with Gasteiger partial charge in [-0.25, -0.2) is 9.48 Å². The molecule has 1 aliphatic heterocycles. The third-order valence-corrected chi connectivity index (χ3v) is 5.75. The predicted octanol–water partition coefficient (Wildman–Crippen LogP) is 3.41. The molecule has 1 saturated heterocycles. The topological polar surface area (TPSA) is 67.7 Å². The van der Waals surface area contributed by atoms with Crippen molar-refractivity contribution in [2.45, 2.75) is 27.4 Å². The fraction of sp³-hybridized carbons (Fsp3) is 0.375. The van der Waals surface area contributed by atoms with Crippen LogP contribution in [0.3, 0.4) is 0 Å². The predicted molar refractivity (Wildman–Crippen MR) is 121 cm³/mol. The molecule has 4 rings (SSSR count). The molecule has 0 atom stereocenters. The Morgan fingerprint density at radius 1 is 1.03 bits per heavy atom. The van der Waals surface area contributed by atoms with E-state index in [-0.39, 0.29) is 11.7 Å². The van der Waals surface area contributed by atoms with Crippen LogP contribution in [0.5, 0.6) is 0 Å². The fourth-order valence-electron chi connectivity index (χ4n) is 4.00. The maximum atomic E-state index is 13.2. The molecule has 1 fully saturated rings. The number of ether oxygens (including phenoxy) is 1. The van der Waals surface area contributed by atoms with E-state index in [1.54, 1.807) is 16.5 Å². The molecule has 7 nitrogen and oxygen atoms in total. The molecule has 0 spiro atoms. The Bertz CT molecular complexity index is 1160. The van der Waals surface area contributed by atoms with Crippen LogP contribution in [-0.4, -0.2) is 58.5 Å². The summed E-state index contributed by atoms with van der Waals surface area (Å²) in [4.78, 5) is 29.0. The number of carbonyl (C=O) groups is 1. The number of fused-ring (bicyclic) bond motifs is 1. The van der Waals surface area contributed by atoms with Gasteiger partial charge in [0, 0.05) is 37.1 Å². The number of carbonyl (C=O) groups excluding carboxylic acids is 1. The van der Waals surface area contributed by atoms with E-state index in [1.807, 2.05) is 24.3 Å². The first-order valence-electron chi connectivity index (χ1n) is 10.7. The van der Waals surface area contributed by atoms with Gasteiger partial charge in [0.05, 0.1) is 24.4 Å². The van der Waals surface area contributed by atoms with Crippen LogP contribution < -0.4 is 5.56 Å². The minimum atomic E-state index is -0.277. The molecule has 1 aromatic heterocycles. The van der Waals surface area contributed by atoms with Crippen LogP contribution in [0.15, 0.2) is 47.3 Å². The summed E-state index contributed by atoms with van der Waals surface area (Å²) in [5.74, 6) is 0. The Morgan fingerprint density at radius 3 is 2.45 bits per heavy atom. The molecule has 0 N–H and O–H groups in total. The first-order valence-corrected chi connectivity index (χ1v) is 10.7. The monoisotopic (exact) mass is 420 g/mol. The van der Waals surface area contributed by atoms with E-state index >= 15 is 0 Å². The number of amides is 1. The van der Waals surface area contributed by atoms with Gasteiger partial charge in [-0.05, 0) is 38.5 Å². The quantitative estimate of drug-likeness (QED) is 0.647. The molecular formula is C24H28N4O3. The summed E-state index contributed by atoms with van der Waals surface area (Å²) in [6.07, 6.45) is -0.277. The minimum absolute atomic E-state index is 0.0996. The summed E-state index contributed by atoms with van der Waals surface area (Å²) < 4.78 is 6.64. The van der Waals surface area contributed by atoms with E-state index < -0.39 is 0 Å². The number of aromatic nitrogens is 2. The van der Waals surface area contributed by atoms with Gasteiger partial charge in [0.2, 0.25) is 0 Å². The molecule has 0 bridgehead atoms. The third kappa shape index (κ3) is 4.32. The highest BCUT2D eigenvalue weighted by molar-refractivity contribution is 5.94. The van der Waals surface area contributed by atoms with Gasteiger partial charge in [-0.15, -0.1) is 0 Å². The highest BCUT2D eigenvalue weighted by Crippen LogP contribution is 2.28. The lowest BCUT2D eigenvalue weighted by molar-refractivity contribution is 0.0688. The Hall–Kier alpha value is -3.19. The van der Waals surface area contributed by atoms with Crippen molar-refractivity contribution in [1.29, 1.82) is 0 Å². The number of hydrogen-bond acceptors (Lipinski definition) is 5. The van der Waals surface area contributed by atoms with Crippen molar-refractivity contribution in [2.24, 2.45) is 0 Å². The summed E-state index contributed by atoms with van der Waals surface area (Å²) in [5, 5.41) is 6.34. The number of hydrogen-bond donors (Lipinski definition) is 0. The smallest absolute Gasteiger partial charge is 0.409 e. The summed E-state index contributed by atoms with van der Waals surface area (Å²) in [5.41, 5.74) is 4.03. The molecule has 0 saturated carbocycles. The molecule has 1 amide bonds. The van der Waals surface area contributed by atoms with Crippen LogP contribution in [0.1, 0.15) is 18.1 Å². The minimum Gasteiger partial charge on any atom is -0.450 e. The number of benzene rings is 2. The highest BCUT2D eigenvalue weighted by Gasteiger charge is 2.23. The van der Waals surface area contributed by atoms with Crippen molar-refractivity contribution in [1.82, 2.24) is 19.6 Å². The van der Waals surface area contributed by atoms with Crippen LogP contribution in [-0.2, 0) is 11.4 Å². The largest absolute Gasteiger partial charge is 0.450 e. The van der Waals surface area contributed by atoms with E-state index in [1.165, 1.54) is 0 Å². The van der Waals surface area contributed by atoms with E-state index in [4.69, 9.17) is 9.84 Å². The van der Waals surface area contributed by atoms with Crippen LogP contribution in [0.4, 0.5) is 4.79 Å². The molecule has 31 heavy (non-hydrogen) atoms. The molecule has 0 radical (unpaired) electrons. The van der Waals surface area contributed by atoms with Gasteiger partial charge < -0.3 is 9.64 Å². The summed E-state index contributed by atoms with van der Waals surface area (Å²) in [6.45, 7) is 9.17. The average molecular weight is 421 g/mol. The van der Waals surface area contributed by atoms with E-state index in [0.717, 1.165) is 27.8 Å². The lowest BCUT2D eigenvalue weighted by Gasteiger charge is -2.33. The van der Waals surface area contributed by atoms with Gasteiger partial charge in [-0.3, -0.25) is 9.69 Å². The SMILES string of the molecule is CCOC(=O)N1CCN(Cn2nc(-c3cc(C)ccc3C)c3ccccc3c2=O)CC1. The maximum absolute atomic E-state index is 13.2. The average Bonchev–Trinajstić information content (AvgIpc) is 2.78. The van der Waals surface area contributed by atoms with Crippen LogP contribution in [0, 0.1) is 13.8 Å². The summed E-state index contributed by atoms with van der Waals surface area (Å²) >= 11 is 0. The van der Waals surface area contributed by atoms with E-state index in [0.29, 0.717) is 44.8 Å². The number of nitrogens with zero attached hydrogens (tertiary/aromatic N) is 4. The van der Waals surface area contributed by atoms with Gasteiger partial charge in [0.15, 0.2) is 0 Å². The van der Waals surface area contributed by atoms with Crippen molar-refractivity contribution in [3.63, 3.8) is 0 Å². The first-order chi connectivity index (χ1) is 15.0. The first kappa shape index (κ1) is 21.1. The fourth-order valence-corrected chi connectivity index (χ4v) is 4.00. The Labute approximate surface area is 181 Å². The second-order valence-electron chi connectivity index (χ2n) is 7.96. The summed E-state index contributed by atoms with van der Waals surface area (Å²) in [7, 11) is 0. The third-order valence-electron chi connectivity index (χ3n) is 5.75. The zero-order chi connectivity index (χ0) is 22.0. The maximum Gasteiger partial charge on any atom is 0.409 e. The molecule has 2 heterocycles. The Morgan fingerprint density at radius 2 is 1.74 bits per heavy atom. The zero-order valence-electron chi connectivity index (χ0n) is 18.3. The second kappa shape index (κ2) is 8.89. The van der Waals surface area contributed by atoms with Crippen LogP contribution in [0.2, 0.25) is 0 Å². The van der Waals surface area contributed by atoms with Crippen molar-refractivity contribution < 1.29 is 9.53 Å². The molecule has 0 unspecified atom stereocenters. The Balaban J connectivity index is 1.67. The molecule has 3 aromatic rings. The number of aryl methyl sites for hydroxylation is 2. The lowest BCUT2D eigenvalue weighted by atomic mass is 9.99. The van der Waals surface area contributed by atoms with Crippen molar-refractivity contribution in [3.8, 4) is 11.3 Å². The van der Waals surface area contributed by atoms with Gasteiger partial charge in [-0.1, -0.05) is 35.9 Å². The van der Waals surface area contributed by atoms with Crippen LogP contribution >= 0.6 is 0 Å². The Kier molecular flexibility index (Phi) is 6.04. The zero-order valence-corrected chi connectivity index (χ0v) is 18.3. The highest BCUT2D eigenvalue weighted by atomic mass is 16.6. The lowest BCUT2D eigenvalue weighted by Crippen LogP contribution is -2.50. The normalized spacial score (nSPS) is 14.7. The molecule has 7 heteroatoms. The van der Waals surface area contributed by atoms with Crippen molar-refractivity contribution >= 4 is 16.9 Å². The second-order valence-corrected chi connectivity index (χ2v) is 7.96. The molecule has 2 aromatic carbocycles. The molecule has 0 aliphatic carbocycles. The molecule has 162 valence electrons.